The van der Waals surface area contributed by atoms with E-state index in [1.807, 2.05) is 0 Å². The zero-order chi connectivity index (χ0) is 14.1. The number of sulfonamides is 1. The summed E-state index contributed by atoms with van der Waals surface area (Å²) in [6.45, 7) is 0.460. The van der Waals surface area contributed by atoms with Crippen molar-refractivity contribution < 1.29 is 18.3 Å². The van der Waals surface area contributed by atoms with Crippen LogP contribution in [-0.2, 0) is 14.8 Å². The molecule has 0 bridgehead atoms. The highest BCUT2D eigenvalue weighted by atomic mass is 79.9. The molecule has 19 heavy (non-hydrogen) atoms. The largest absolute Gasteiger partial charge is 0.398 e. The van der Waals surface area contributed by atoms with E-state index in [4.69, 9.17) is 10.5 Å². The molecule has 0 saturated carbocycles. The summed E-state index contributed by atoms with van der Waals surface area (Å²) < 4.78 is 32.3. The minimum Gasteiger partial charge on any atom is -0.398 e. The van der Waals surface area contributed by atoms with Crippen molar-refractivity contribution in [3.05, 3.63) is 22.7 Å². The molecule has 0 aliphatic carbocycles. The number of nitrogens with two attached hydrogens (primary N) is 1. The van der Waals surface area contributed by atoms with Crippen molar-refractivity contribution in [1.29, 1.82) is 0 Å². The van der Waals surface area contributed by atoms with Crippen LogP contribution in [0.15, 0.2) is 27.6 Å². The van der Waals surface area contributed by atoms with Crippen molar-refractivity contribution in [2.45, 2.75) is 16.9 Å². The Hall–Kier alpha value is -0.670. The summed E-state index contributed by atoms with van der Waals surface area (Å²) in [7, 11) is -3.76. The smallest absolute Gasteiger partial charge is 0.242 e. The van der Waals surface area contributed by atoms with Gasteiger partial charge in [0.1, 0.15) is 10.5 Å². The molecule has 106 valence electrons. The minimum atomic E-state index is -3.76. The second kappa shape index (κ2) is 5.37. The van der Waals surface area contributed by atoms with E-state index in [0.29, 0.717) is 17.5 Å². The Morgan fingerprint density at radius 3 is 2.89 bits per heavy atom. The molecule has 1 fully saturated rings. The van der Waals surface area contributed by atoms with Crippen LogP contribution in [0.3, 0.4) is 0 Å². The van der Waals surface area contributed by atoms with E-state index in [9.17, 15) is 13.5 Å². The standard InChI is InChI=1S/C11H15BrN2O4S/c12-8-1-2-9(13)10(5-8)19(16,17)14-6-11(15)3-4-18-7-11/h1-2,5,14-15H,3-4,6-7,13H2. The van der Waals surface area contributed by atoms with Crippen molar-refractivity contribution in [1.82, 2.24) is 4.72 Å². The molecule has 1 aliphatic heterocycles. The first-order chi connectivity index (χ1) is 8.82. The Labute approximate surface area is 120 Å². The average molecular weight is 351 g/mol. The lowest BCUT2D eigenvalue weighted by molar-refractivity contribution is 0.0314. The molecule has 0 amide bonds. The third-order valence-corrected chi connectivity index (χ3v) is 4.89. The quantitative estimate of drug-likeness (QED) is 0.684. The number of nitrogens with one attached hydrogen (secondary N) is 1. The molecule has 1 unspecified atom stereocenters. The normalized spacial score (nSPS) is 23.7. The van der Waals surface area contributed by atoms with E-state index in [1.54, 1.807) is 6.07 Å². The molecular weight excluding hydrogens is 336 g/mol. The van der Waals surface area contributed by atoms with E-state index in [2.05, 4.69) is 20.7 Å². The number of nitrogen functional groups attached to an aromatic ring is 1. The lowest BCUT2D eigenvalue weighted by Gasteiger charge is -2.21. The predicted molar refractivity (Wildman–Crippen MR) is 74.1 cm³/mol. The lowest BCUT2D eigenvalue weighted by atomic mass is 10.1. The molecule has 1 aliphatic rings. The van der Waals surface area contributed by atoms with Gasteiger partial charge in [-0.1, -0.05) is 15.9 Å². The molecule has 1 atom stereocenters. The SMILES string of the molecule is Nc1ccc(Br)cc1S(=O)(=O)NCC1(O)CCOC1. The van der Waals surface area contributed by atoms with Crippen molar-refractivity contribution in [3.63, 3.8) is 0 Å². The number of hydrogen-bond acceptors (Lipinski definition) is 5. The highest BCUT2D eigenvalue weighted by Gasteiger charge is 2.34. The van der Waals surface area contributed by atoms with E-state index in [-0.39, 0.29) is 23.7 Å². The van der Waals surface area contributed by atoms with Gasteiger partial charge in [-0.3, -0.25) is 0 Å². The van der Waals surface area contributed by atoms with Gasteiger partial charge in [-0.15, -0.1) is 0 Å². The summed E-state index contributed by atoms with van der Waals surface area (Å²) in [5.74, 6) is 0. The first-order valence-electron chi connectivity index (χ1n) is 5.67. The van der Waals surface area contributed by atoms with Crippen LogP contribution in [0.2, 0.25) is 0 Å². The maximum Gasteiger partial charge on any atom is 0.242 e. The molecule has 6 nitrogen and oxygen atoms in total. The zero-order valence-corrected chi connectivity index (χ0v) is 12.5. The first kappa shape index (κ1) is 14.7. The fraction of sp³-hybridized carbons (Fsp3) is 0.455. The highest BCUT2D eigenvalue weighted by Crippen LogP contribution is 2.24. The van der Waals surface area contributed by atoms with Gasteiger partial charge in [-0.05, 0) is 18.2 Å². The molecule has 1 aromatic carbocycles. The van der Waals surface area contributed by atoms with Gasteiger partial charge in [-0.2, -0.15) is 0 Å². The average Bonchev–Trinajstić information content (AvgIpc) is 2.78. The van der Waals surface area contributed by atoms with Gasteiger partial charge in [0.2, 0.25) is 10.0 Å². The number of anilines is 1. The Kier molecular flexibility index (Phi) is 4.17. The predicted octanol–water partition coefficient (Wildman–Crippen LogP) is 0.461. The minimum absolute atomic E-state index is 0.00982. The second-order valence-electron chi connectivity index (χ2n) is 4.53. The Balaban J connectivity index is 2.16. The first-order valence-corrected chi connectivity index (χ1v) is 7.95. The Bertz CT molecular complexity index is 570. The number of ether oxygens (including phenoxy) is 1. The third-order valence-electron chi connectivity index (χ3n) is 2.94. The van der Waals surface area contributed by atoms with Crippen LogP contribution < -0.4 is 10.5 Å². The fourth-order valence-corrected chi connectivity index (χ4v) is 3.57. The van der Waals surface area contributed by atoms with Gasteiger partial charge in [0.05, 0.1) is 12.3 Å². The molecule has 0 aromatic heterocycles. The molecule has 1 saturated heterocycles. The van der Waals surface area contributed by atoms with Crippen molar-refractivity contribution in [2.24, 2.45) is 0 Å². The molecule has 8 heteroatoms. The van der Waals surface area contributed by atoms with Gasteiger partial charge in [0.25, 0.3) is 0 Å². The number of rotatable bonds is 4. The van der Waals surface area contributed by atoms with Crippen molar-refractivity contribution >= 4 is 31.6 Å². The van der Waals surface area contributed by atoms with Crippen LogP contribution in [0.25, 0.3) is 0 Å². The fourth-order valence-electron chi connectivity index (χ4n) is 1.78. The molecule has 1 aromatic rings. The summed E-state index contributed by atoms with van der Waals surface area (Å²) in [4.78, 5) is -0.00982. The van der Waals surface area contributed by atoms with Crippen molar-refractivity contribution in [3.8, 4) is 0 Å². The topological polar surface area (TPSA) is 102 Å². The van der Waals surface area contributed by atoms with Crippen LogP contribution in [0, 0.1) is 0 Å². The highest BCUT2D eigenvalue weighted by molar-refractivity contribution is 9.10. The van der Waals surface area contributed by atoms with Crippen LogP contribution in [0.4, 0.5) is 5.69 Å². The number of hydrogen-bond donors (Lipinski definition) is 3. The second-order valence-corrected chi connectivity index (χ2v) is 7.18. The summed E-state index contributed by atoms with van der Waals surface area (Å²) in [5, 5.41) is 10.0. The molecule has 4 N–H and O–H groups in total. The van der Waals surface area contributed by atoms with Crippen LogP contribution >= 0.6 is 15.9 Å². The summed E-state index contributed by atoms with van der Waals surface area (Å²) in [6.07, 6.45) is 0.406. The molecule has 0 spiro atoms. The molecule has 0 radical (unpaired) electrons. The van der Waals surface area contributed by atoms with E-state index in [0.717, 1.165) is 0 Å². The summed E-state index contributed by atoms with van der Waals surface area (Å²) in [5.41, 5.74) is 4.68. The molecule has 2 rings (SSSR count). The van der Waals surface area contributed by atoms with Gasteiger partial charge < -0.3 is 15.6 Å². The molecular formula is C11H15BrN2O4S. The summed E-state index contributed by atoms with van der Waals surface area (Å²) >= 11 is 3.20. The van der Waals surface area contributed by atoms with Gasteiger partial charge in [-0.25, -0.2) is 13.1 Å². The van der Waals surface area contributed by atoms with Gasteiger partial charge in [0.15, 0.2) is 0 Å². The number of halogens is 1. The van der Waals surface area contributed by atoms with Gasteiger partial charge in [0, 0.05) is 24.0 Å². The Morgan fingerprint density at radius 1 is 1.53 bits per heavy atom. The monoisotopic (exact) mass is 350 g/mol. The van der Waals surface area contributed by atoms with E-state index >= 15 is 0 Å². The lowest BCUT2D eigenvalue weighted by Crippen LogP contribution is -2.43. The van der Waals surface area contributed by atoms with E-state index in [1.165, 1.54) is 12.1 Å². The van der Waals surface area contributed by atoms with Crippen LogP contribution in [0.5, 0.6) is 0 Å². The van der Waals surface area contributed by atoms with Crippen LogP contribution in [-0.4, -0.2) is 38.9 Å². The van der Waals surface area contributed by atoms with Gasteiger partial charge >= 0.3 is 0 Å². The third kappa shape index (κ3) is 3.46. The Morgan fingerprint density at radius 2 is 2.26 bits per heavy atom. The van der Waals surface area contributed by atoms with Crippen LogP contribution in [0.1, 0.15) is 6.42 Å². The maximum absolute atomic E-state index is 12.1. The van der Waals surface area contributed by atoms with Crippen molar-refractivity contribution in [2.75, 3.05) is 25.5 Å². The number of benzene rings is 1. The zero-order valence-electron chi connectivity index (χ0n) is 10.1. The summed E-state index contributed by atoms with van der Waals surface area (Å²) in [6, 6.07) is 4.59. The van der Waals surface area contributed by atoms with E-state index < -0.39 is 15.6 Å². The maximum atomic E-state index is 12.1. The molecule has 1 heterocycles. The number of aliphatic hydroxyl groups is 1.